The number of nitrogens with two attached hydrogens (primary N) is 1. The molecule has 1 aromatic rings. The van der Waals surface area contributed by atoms with Gasteiger partial charge in [-0.3, -0.25) is 4.79 Å². The molecule has 4 heteroatoms. The van der Waals surface area contributed by atoms with Gasteiger partial charge in [-0.2, -0.15) is 0 Å². The van der Waals surface area contributed by atoms with Crippen LogP contribution >= 0.6 is 0 Å². The second kappa shape index (κ2) is 5.65. The van der Waals surface area contributed by atoms with Crippen LogP contribution < -0.4 is 5.73 Å². The molecule has 1 aliphatic carbocycles. The number of hydrogen-bond acceptors (Lipinski definition) is 2. The molecule has 3 rings (SSSR count). The Balaban J connectivity index is 1.76. The van der Waals surface area contributed by atoms with Crippen LogP contribution in [-0.4, -0.2) is 30.9 Å². The van der Waals surface area contributed by atoms with E-state index in [4.69, 9.17) is 5.73 Å². The Morgan fingerprint density at radius 1 is 1.50 bits per heavy atom. The number of amides is 1. The summed E-state index contributed by atoms with van der Waals surface area (Å²) >= 11 is 0. The SMILES string of the molecule is C[C@@H]1CN(C)CC[C@H]1C1CC1(Cc1cccc(F)c1)C(N)=O. The molecule has 4 atom stereocenters. The standard InChI is InChI=1S/C18H25FN2O/c1-12-11-21(2)7-6-15(12)16-10-18(16,17(20)22)9-13-4-3-5-14(19)8-13/h3-5,8,12,15-16H,6-7,9-11H2,1-2H3,(H2,20,22)/t12-,15-,16?,18?/m1/s1. The van der Waals surface area contributed by atoms with Gasteiger partial charge >= 0.3 is 0 Å². The molecular weight excluding hydrogens is 279 g/mol. The smallest absolute Gasteiger partial charge is 0.224 e. The normalized spacial score (nSPS) is 35.3. The Morgan fingerprint density at radius 3 is 2.91 bits per heavy atom. The van der Waals surface area contributed by atoms with Gasteiger partial charge in [0.05, 0.1) is 5.41 Å². The predicted octanol–water partition coefficient (Wildman–Crippen LogP) is 2.45. The molecule has 0 aromatic heterocycles. The van der Waals surface area contributed by atoms with Gasteiger partial charge in [0.2, 0.25) is 5.91 Å². The molecule has 0 radical (unpaired) electrons. The summed E-state index contributed by atoms with van der Waals surface area (Å²) < 4.78 is 13.4. The Morgan fingerprint density at radius 2 is 2.27 bits per heavy atom. The lowest BCUT2D eigenvalue weighted by Gasteiger charge is -2.36. The number of carbonyl (C=O) groups excluding carboxylic acids is 1. The lowest BCUT2D eigenvalue weighted by atomic mass is 9.78. The van der Waals surface area contributed by atoms with Gasteiger partial charge in [0.15, 0.2) is 0 Å². The number of hydrogen-bond donors (Lipinski definition) is 1. The first-order valence-electron chi connectivity index (χ1n) is 8.15. The van der Waals surface area contributed by atoms with E-state index >= 15 is 0 Å². The fourth-order valence-electron chi connectivity index (χ4n) is 4.45. The van der Waals surface area contributed by atoms with E-state index in [0.29, 0.717) is 24.2 Å². The van der Waals surface area contributed by atoms with Crippen molar-refractivity contribution in [2.45, 2.75) is 26.2 Å². The lowest BCUT2D eigenvalue weighted by molar-refractivity contribution is -0.124. The van der Waals surface area contributed by atoms with Gasteiger partial charge in [0.1, 0.15) is 5.82 Å². The van der Waals surface area contributed by atoms with Crippen LogP contribution in [0.15, 0.2) is 24.3 Å². The minimum Gasteiger partial charge on any atom is -0.369 e. The molecule has 1 amide bonds. The Hall–Kier alpha value is -1.42. The van der Waals surface area contributed by atoms with Crippen LogP contribution in [0.2, 0.25) is 0 Å². The maximum Gasteiger partial charge on any atom is 0.224 e. The Bertz CT molecular complexity index is 576. The fraction of sp³-hybridized carbons (Fsp3) is 0.611. The van der Waals surface area contributed by atoms with Gasteiger partial charge < -0.3 is 10.6 Å². The minimum absolute atomic E-state index is 0.215. The maximum atomic E-state index is 13.4. The van der Waals surface area contributed by atoms with Crippen molar-refractivity contribution in [3.63, 3.8) is 0 Å². The monoisotopic (exact) mass is 304 g/mol. The Kier molecular flexibility index (Phi) is 3.98. The molecule has 1 saturated heterocycles. The van der Waals surface area contributed by atoms with Gasteiger partial charge in [0.25, 0.3) is 0 Å². The molecule has 2 N–H and O–H groups in total. The zero-order chi connectivity index (χ0) is 15.9. The summed E-state index contributed by atoms with van der Waals surface area (Å²) in [6.45, 7) is 4.43. The van der Waals surface area contributed by atoms with E-state index in [2.05, 4.69) is 18.9 Å². The molecule has 2 fully saturated rings. The van der Waals surface area contributed by atoms with Crippen molar-refractivity contribution in [2.75, 3.05) is 20.1 Å². The molecule has 2 unspecified atom stereocenters. The topological polar surface area (TPSA) is 46.3 Å². The van der Waals surface area contributed by atoms with Gasteiger partial charge in [-0.1, -0.05) is 19.1 Å². The quantitative estimate of drug-likeness (QED) is 0.929. The number of benzene rings is 1. The summed E-state index contributed by atoms with van der Waals surface area (Å²) in [4.78, 5) is 14.5. The van der Waals surface area contributed by atoms with Gasteiger partial charge in [-0.15, -0.1) is 0 Å². The van der Waals surface area contributed by atoms with Gasteiger partial charge in [-0.05, 0) is 68.3 Å². The summed E-state index contributed by atoms with van der Waals surface area (Å²) in [5, 5.41) is 0. The van der Waals surface area contributed by atoms with Crippen LogP contribution in [0.1, 0.15) is 25.3 Å². The molecule has 120 valence electrons. The van der Waals surface area contributed by atoms with Crippen molar-refractivity contribution in [3.05, 3.63) is 35.6 Å². The summed E-state index contributed by atoms with van der Waals surface area (Å²) in [7, 11) is 2.15. The highest BCUT2D eigenvalue weighted by Crippen LogP contribution is 2.61. The van der Waals surface area contributed by atoms with E-state index in [0.717, 1.165) is 31.5 Å². The summed E-state index contributed by atoms with van der Waals surface area (Å²) in [5.74, 6) is 1.03. The molecular formula is C18H25FN2O. The number of piperidine rings is 1. The first kappa shape index (κ1) is 15.5. The van der Waals surface area contributed by atoms with Crippen LogP contribution in [0.5, 0.6) is 0 Å². The van der Waals surface area contributed by atoms with Gasteiger partial charge in [0, 0.05) is 6.54 Å². The van der Waals surface area contributed by atoms with Crippen LogP contribution in [0, 0.1) is 29.0 Å². The van der Waals surface area contributed by atoms with Crippen molar-refractivity contribution in [1.29, 1.82) is 0 Å². The summed E-state index contributed by atoms with van der Waals surface area (Å²) in [6, 6.07) is 6.55. The van der Waals surface area contributed by atoms with E-state index in [-0.39, 0.29) is 11.7 Å². The third-order valence-electron chi connectivity index (χ3n) is 5.72. The summed E-state index contributed by atoms with van der Waals surface area (Å²) in [5.41, 5.74) is 6.17. The van der Waals surface area contributed by atoms with E-state index in [1.165, 1.54) is 12.1 Å². The van der Waals surface area contributed by atoms with E-state index in [9.17, 15) is 9.18 Å². The number of nitrogens with zero attached hydrogens (tertiary/aromatic N) is 1. The molecule has 1 aliphatic heterocycles. The zero-order valence-electron chi connectivity index (χ0n) is 13.4. The van der Waals surface area contributed by atoms with Crippen molar-refractivity contribution in [1.82, 2.24) is 4.90 Å². The molecule has 2 aliphatic rings. The van der Waals surface area contributed by atoms with E-state index < -0.39 is 5.41 Å². The van der Waals surface area contributed by atoms with E-state index in [1.807, 2.05) is 6.07 Å². The van der Waals surface area contributed by atoms with E-state index in [1.54, 1.807) is 6.07 Å². The lowest BCUT2D eigenvalue weighted by Crippen LogP contribution is -2.40. The number of rotatable bonds is 4. The summed E-state index contributed by atoms with van der Waals surface area (Å²) in [6.07, 6.45) is 2.56. The highest BCUT2D eigenvalue weighted by atomic mass is 19.1. The van der Waals surface area contributed by atoms with Crippen LogP contribution in [0.3, 0.4) is 0 Å². The first-order valence-corrected chi connectivity index (χ1v) is 8.15. The average Bonchev–Trinajstić information content (AvgIpc) is 3.14. The largest absolute Gasteiger partial charge is 0.369 e. The van der Waals surface area contributed by atoms with Crippen molar-refractivity contribution >= 4 is 5.91 Å². The number of carbonyl (C=O) groups is 1. The van der Waals surface area contributed by atoms with Crippen molar-refractivity contribution in [3.8, 4) is 0 Å². The second-order valence-corrected chi connectivity index (χ2v) is 7.33. The molecule has 0 bridgehead atoms. The zero-order valence-corrected chi connectivity index (χ0v) is 13.4. The highest BCUT2D eigenvalue weighted by molar-refractivity contribution is 5.84. The third-order valence-corrected chi connectivity index (χ3v) is 5.72. The molecule has 1 saturated carbocycles. The minimum atomic E-state index is -0.456. The molecule has 0 spiro atoms. The fourth-order valence-corrected chi connectivity index (χ4v) is 4.45. The van der Waals surface area contributed by atoms with Crippen molar-refractivity contribution < 1.29 is 9.18 Å². The van der Waals surface area contributed by atoms with Crippen molar-refractivity contribution in [2.24, 2.45) is 28.9 Å². The number of halogens is 1. The molecule has 3 nitrogen and oxygen atoms in total. The average molecular weight is 304 g/mol. The Labute approximate surface area is 131 Å². The molecule has 1 heterocycles. The van der Waals surface area contributed by atoms with Crippen LogP contribution in [-0.2, 0) is 11.2 Å². The van der Waals surface area contributed by atoms with Crippen LogP contribution in [0.4, 0.5) is 4.39 Å². The van der Waals surface area contributed by atoms with Crippen LogP contribution in [0.25, 0.3) is 0 Å². The number of primary amides is 1. The third kappa shape index (κ3) is 2.76. The number of likely N-dealkylation sites (tertiary alicyclic amines) is 1. The molecule has 1 aromatic carbocycles. The second-order valence-electron chi connectivity index (χ2n) is 7.33. The maximum absolute atomic E-state index is 13.4. The highest BCUT2D eigenvalue weighted by Gasteiger charge is 2.62. The first-order chi connectivity index (χ1) is 10.4. The van der Waals surface area contributed by atoms with Gasteiger partial charge in [-0.25, -0.2) is 4.39 Å². The predicted molar refractivity (Wildman–Crippen MR) is 84.6 cm³/mol. The molecule has 22 heavy (non-hydrogen) atoms.